The summed E-state index contributed by atoms with van der Waals surface area (Å²) in [6, 6.07) is 22.3. The van der Waals surface area contributed by atoms with Gasteiger partial charge in [0.25, 0.3) is 5.91 Å². The van der Waals surface area contributed by atoms with Crippen LogP contribution in [-0.4, -0.2) is 30.9 Å². The van der Waals surface area contributed by atoms with Gasteiger partial charge in [-0.15, -0.1) is 0 Å². The van der Waals surface area contributed by atoms with Crippen molar-refractivity contribution in [1.29, 1.82) is 0 Å². The summed E-state index contributed by atoms with van der Waals surface area (Å²) in [4.78, 5) is 27.8. The molecule has 1 N–H and O–H groups in total. The van der Waals surface area contributed by atoms with Crippen molar-refractivity contribution in [3.8, 4) is 11.5 Å². The number of methoxy groups -OCH3 is 2. The van der Waals surface area contributed by atoms with Crippen LogP contribution in [0.15, 0.2) is 72.8 Å². The van der Waals surface area contributed by atoms with Crippen molar-refractivity contribution in [2.24, 2.45) is 0 Å². The first-order chi connectivity index (χ1) is 15.6. The predicted molar refractivity (Wildman–Crippen MR) is 122 cm³/mol. The van der Waals surface area contributed by atoms with Crippen LogP contribution in [0.25, 0.3) is 0 Å². The fraction of sp³-hybridized carbons (Fsp3) is 0.231. The lowest BCUT2D eigenvalue weighted by Crippen LogP contribution is -2.34. The van der Waals surface area contributed by atoms with E-state index in [4.69, 9.17) is 9.47 Å². The van der Waals surface area contributed by atoms with E-state index in [0.29, 0.717) is 18.7 Å². The van der Waals surface area contributed by atoms with E-state index in [9.17, 15) is 9.59 Å². The van der Waals surface area contributed by atoms with Gasteiger partial charge in [-0.05, 0) is 47.0 Å². The summed E-state index contributed by atoms with van der Waals surface area (Å²) in [5.74, 6) is 1.29. The van der Waals surface area contributed by atoms with E-state index >= 15 is 0 Å². The first-order valence-corrected chi connectivity index (χ1v) is 10.5. The molecule has 0 saturated heterocycles. The van der Waals surface area contributed by atoms with Crippen LogP contribution in [0.4, 0.5) is 0 Å². The Kier molecular flexibility index (Phi) is 6.40. The zero-order chi connectivity index (χ0) is 22.5. The van der Waals surface area contributed by atoms with Crippen molar-refractivity contribution in [3.05, 3.63) is 95.1 Å². The molecule has 0 unspecified atom stereocenters. The first-order valence-electron chi connectivity index (χ1n) is 10.5. The molecule has 1 heterocycles. The molecule has 2 amide bonds. The summed E-state index contributed by atoms with van der Waals surface area (Å²) in [6.45, 7) is 0.869. The number of benzene rings is 3. The van der Waals surface area contributed by atoms with Crippen molar-refractivity contribution in [2.45, 2.75) is 25.6 Å². The van der Waals surface area contributed by atoms with E-state index in [-0.39, 0.29) is 24.3 Å². The number of hydrogen-bond acceptors (Lipinski definition) is 4. The highest BCUT2D eigenvalue weighted by Crippen LogP contribution is 2.34. The van der Waals surface area contributed by atoms with E-state index in [1.807, 2.05) is 72.8 Å². The maximum absolute atomic E-state index is 13.1. The number of carbonyl (C=O) groups is 2. The monoisotopic (exact) mass is 430 g/mol. The van der Waals surface area contributed by atoms with Crippen LogP contribution in [0.5, 0.6) is 11.5 Å². The number of hydrogen-bond donors (Lipinski definition) is 1. The van der Waals surface area contributed by atoms with Gasteiger partial charge in [0.1, 0.15) is 11.5 Å². The summed E-state index contributed by atoms with van der Waals surface area (Å²) >= 11 is 0. The number of rotatable bonds is 8. The average molecular weight is 431 g/mol. The van der Waals surface area contributed by atoms with Crippen LogP contribution in [0, 0.1) is 0 Å². The molecule has 0 bridgehead atoms. The fourth-order valence-corrected chi connectivity index (χ4v) is 3.99. The molecule has 0 radical (unpaired) electrons. The van der Waals surface area contributed by atoms with E-state index in [1.54, 1.807) is 19.1 Å². The van der Waals surface area contributed by atoms with Gasteiger partial charge < -0.3 is 19.7 Å². The Hall–Kier alpha value is -3.80. The molecule has 0 spiro atoms. The normalized spacial score (nSPS) is 13.4. The Morgan fingerprint density at radius 3 is 2.44 bits per heavy atom. The second-order valence-corrected chi connectivity index (χ2v) is 7.71. The predicted octanol–water partition coefficient (Wildman–Crippen LogP) is 4.11. The molecule has 3 aromatic rings. The summed E-state index contributed by atoms with van der Waals surface area (Å²) < 4.78 is 10.5. The highest BCUT2D eigenvalue weighted by Gasteiger charge is 2.34. The SMILES string of the molecule is COc1ccc([C@@H](CC(=O)NCc2cccc(OC)c2)N2Cc3ccccc3C2=O)cc1. The Balaban J connectivity index is 1.52. The third kappa shape index (κ3) is 4.59. The lowest BCUT2D eigenvalue weighted by atomic mass is 10.0. The van der Waals surface area contributed by atoms with Crippen LogP contribution < -0.4 is 14.8 Å². The second kappa shape index (κ2) is 9.56. The molecule has 1 atom stereocenters. The summed E-state index contributed by atoms with van der Waals surface area (Å²) in [5, 5.41) is 2.98. The maximum atomic E-state index is 13.1. The van der Waals surface area contributed by atoms with Gasteiger partial charge in [0.2, 0.25) is 5.91 Å². The van der Waals surface area contributed by atoms with E-state index in [2.05, 4.69) is 5.32 Å². The number of carbonyl (C=O) groups excluding carboxylic acids is 2. The highest BCUT2D eigenvalue weighted by atomic mass is 16.5. The second-order valence-electron chi connectivity index (χ2n) is 7.71. The molecule has 4 rings (SSSR count). The van der Waals surface area contributed by atoms with Gasteiger partial charge in [-0.25, -0.2) is 0 Å². The molecule has 0 aromatic heterocycles. The first kappa shape index (κ1) is 21.4. The van der Waals surface area contributed by atoms with Crippen LogP contribution in [0.1, 0.15) is 39.5 Å². The Morgan fingerprint density at radius 2 is 1.72 bits per heavy atom. The Labute approximate surface area is 187 Å². The van der Waals surface area contributed by atoms with Crippen molar-refractivity contribution in [2.75, 3.05) is 14.2 Å². The minimum Gasteiger partial charge on any atom is -0.497 e. The van der Waals surface area contributed by atoms with Crippen LogP contribution in [-0.2, 0) is 17.9 Å². The summed E-state index contributed by atoms with van der Waals surface area (Å²) in [7, 11) is 3.22. The smallest absolute Gasteiger partial charge is 0.255 e. The molecule has 32 heavy (non-hydrogen) atoms. The highest BCUT2D eigenvalue weighted by molar-refractivity contribution is 5.98. The quantitative estimate of drug-likeness (QED) is 0.584. The molecule has 6 nitrogen and oxygen atoms in total. The zero-order valence-corrected chi connectivity index (χ0v) is 18.2. The fourth-order valence-electron chi connectivity index (χ4n) is 3.99. The standard InChI is InChI=1S/C26H26N2O4/c1-31-21-12-10-19(11-13-21)24(28-17-20-7-3-4-9-23(20)26(28)30)15-25(29)27-16-18-6-5-8-22(14-18)32-2/h3-14,24H,15-17H2,1-2H3,(H,27,29)/t24-/m1/s1. The van der Waals surface area contributed by atoms with E-state index in [0.717, 1.165) is 28.2 Å². The van der Waals surface area contributed by atoms with Crippen molar-refractivity contribution < 1.29 is 19.1 Å². The minimum absolute atomic E-state index is 0.0537. The van der Waals surface area contributed by atoms with Gasteiger partial charge in [0.15, 0.2) is 0 Å². The summed E-state index contributed by atoms with van der Waals surface area (Å²) in [6.07, 6.45) is 0.163. The van der Waals surface area contributed by atoms with Gasteiger partial charge in [-0.2, -0.15) is 0 Å². The van der Waals surface area contributed by atoms with Gasteiger partial charge in [-0.3, -0.25) is 9.59 Å². The van der Waals surface area contributed by atoms with E-state index < -0.39 is 0 Å². The number of amides is 2. The lowest BCUT2D eigenvalue weighted by molar-refractivity contribution is -0.122. The third-order valence-corrected chi connectivity index (χ3v) is 5.73. The number of nitrogens with one attached hydrogen (secondary N) is 1. The van der Waals surface area contributed by atoms with Gasteiger partial charge in [-0.1, -0.05) is 42.5 Å². The molecular weight excluding hydrogens is 404 g/mol. The van der Waals surface area contributed by atoms with Crippen molar-refractivity contribution in [3.63, 3.8) is 0 Å². The van der Waals surface area contributed by atoms with Crippen molar-refractivity contribution in [1.82, 2.24) is 10.2 Å². The Morgan fingerprint density at radius 1 is 0.969 bits per heavy atom. The number of fused-ring (bicyclic) bond motifs is 1. The molecule has 1 aliphatic heterocycles. The van der Waals surface area contributed by atoms with Crippen LogP contribution in [0.3, 0.4) is 0 Å². The maximum Gasteiger partial charge on any atom is 0.255 e. The molecule has 3 aromatic carbocycles. The molecular formula is C26H26N2O4. The molecule has 0 saturated carbocycles. The van der Waals surface area contributed by atoms with Gasteiger partial charge in [0.05, 0.1) is 26.7 Å². The van der Waals surface area contributed by atoms with Gasteiger partial charge in [0, 0.05) is 18.7 Å². The van der Waals surface area contributed by atoms with Crippen LogP contribution in [0.2, 0.25) is 0 Å². The lowest BCUT2D eigenvalue weighted by Gasteiger charge is -2.28. The molecule has 0 aliphatic carbocycles. The molecule has 164 valence electrons. The molecule has 0 fully saturated rings. The number of ether oxygens (including phenoxy) is 2. The van der Waals surface area contributed by atoms with Crippen molar-refractivity contribution >= 4 is 11.8 Å². The zero-order valence-electron chi connectivity index (χ0n) is 18.2. The van der Waals surface area contributed by atoms with Crippen LogP contribution >= 0.6 is 0 Å². The topological polar surface area (TPSA) is 67.9 Å². The Bertz CT molecular complexity index is 1110. The third-order valence-electron chi connectivity index (χ3n) is 5.73. The number of nitrogens with zero attached hydrogens (tertiary/aromatic N) is 1. The largest absolute Gasteiger partial charge is 0.497 e. The molecule has 1 aliphatic rings. The average Bonchev–Trinajstić information content (AvgIpc) is 3.17. The molecule has 6 heteroatoms. The minimum atomic E-state index is -0.383. The summed E-state index contributed by atoms with van der Waals surface area (Å²) in [5.41, 5.74) is 3.52. The van der Waals surface area contributed by atoms with Gasteiger partial charge >= 0.3 is 0 Å². The van der Waals surface area contributed by atoms with E-state index in [1.165, 1.54) is 0 Å².